The van der Waals surface area contributed by atoms with Gasteiger partial charge in [0.15, 0.2) is 5.78 Å². The number of carbonyl (C=O) groups is 2. The molecule has 0 saturated carbocycles. The summed E-state index contributed by atoms with van der Waals surface area (Å²) in [7, 11) is 0. The second kappa shape index (κ2) is 14.3. The molecule has 0 rings (SSSR count). The number of allylic oxidation sites excluding steroid dienone is 5. The van der Waals surface area contributed by atoms with Crippen molar-refractivity contribution in [3.05, 3.63) is 36.5 Å². The van der Waals surface area contributed by atoms with Crippen LogP contribution in [0.5, 0.6) is 0 Å². The summed E-state index contributed by atoms with van der Waals surface area (Å²) in [5, 5.41) is 18.2. The molecule has 0 fully saturated rings. The number of hydrogen-bond acceptors (Lipinski definition) is 3. The highest BCUT2D eigenvalue weighted by Gasteiger charge is 1.99. The summed E-state index contributed by atoms with van der Waals surface area (Å²) in [4.78, 5) is 21.3. The van der Waals surface area contributed by atoms with Gasteiger partial charge in [-0.2, -0.15) is 0 Å². The molecule has 0 aliphatic rings. The number of hydrogen-bond donors (Lipinski definition) is 2. The standard InChI is InChI=1S/C18H28O4/c1-2-16(19)12-8-6-7-10-14-17(20)13-9-4-3-5-11-15-18(21)22/h6-8,10,12,14,17,20H,2-5,9,11,13,15H2,1H3,(H,21,22)/b7-6-,12-8+,14-10+/t17-/m1/s1. The van der Waals surface area contributed by atoms with Crippen LogP contribution in [0.3, 0.4) is 0 Å². The van der Waals surface area contributed by atoms with Crippen LogP contribution in [0.1, 0.15) is 58.3 Å². The predicted molar refractivity (Wildman–Crippen MR) is 88.7 cm³/mol. The normalized spacial score (nSPS) is 13.4. The van der Waals surface area contributed by atoms with E-state index in [-0.39, 0.29) is 12.2 Å². The molecule has 22 heavy (non-hydrogen) atoms. The van der Waals surface area contributed by atoms with Gasteiger partial charge in [-0.15, -0.1) is 0 Å². The first kappa shape index (κ1) is 20.3. The molecule has 0 bridgehead atoms. The molecule has 0 aromatic rings. The molecule has 0 aliphatic heterocycles. The SMILES string of the molecule is CCC(=O)/C=C/C=C\C=C\[C@H](O)CCCCCCCC(=O)O. The van der Waals surface area contributed by atoms with E-state index in [1.54, 1.807) is 30.4 Å². The maximum atomic E-state index is 11.0. The third-order valence-corrected chi connectivity index (χ3v) is 3.19. The van der Waals surface area contributed by atoms with Crippen LogP contribution < -0.4 is 0 Å². The minimum Gasteiger partial charge on any atom is -0.481 e. The van der Waals surface area contributed by atoms with Crippen LogP contribution in [0, 0.1) is 0 Å². The summed E-state index contributed by atoms with van der Waals surface area (Å²) in [6.45, 7) is 1.82. The molecule has 0 aromatic carbocycles. The summed E-state index contributed by atoms with van der Waals surface area (Å²) in [6.07, 6.45) is 15.9. The number of ketones is 1. The highest BCUT2D eigenvalue weighted by molar-refractivity contribution is 5.89. The summed E-state index contributed by atoms with van der Waals surface area (Å²) < 4.78 is 0. The van der Waals surface area contributed by atoms with E-state index in [1.807, 2.05) is 6.92 Å². The molecule has 0 heterocycles. The molecule has 0 spiro atoms. The Kier molecular flexibility index (Phi) is 13.2. The van der Waals surface area contributed by atoms with Gasteiger partial charge < -0.3 is 10.2 Å². The minimum atomic E-state index is -0.734. The third-order valence-electron chi connectivity index (χ3n) is 3.19. The number of carbonyl (C=O) groups excluding carboxylic acids is 1. The second-order valence-corrected chi connectivity index (χ2v) is 5.22. The predicted octanol–water partition coefficient (Wildman–Crippen LogP) is 3.81. The number of carboxylic acid groups (broad SMARTS) is 1. The minimum absolute atomic E-state index is 0.0945. The molecule has 2 N–H and O–H groups in total. The molecule has 1 atom stereocenters. The molecule has 4 heteroatoms. The highest BCUT2D eigenvalue weighted by Crippen LogP contribution is 2.09. The summed E-state index contributed by atoms with van der Waals surface area (Å²) >= 11 is 0. The second-order valence-electron chi connectivity index (χ2n) is 5.22. The Morgan fingerprint density at radius 2 is 1.59 bits per heavy atom. The highest BCUT2D eigenvalue weighted by atomic mass is 16.4. The number of unbranched alkanes of at least 4 members (excludes halogenated alkanes) is 4. The quantitative estimate of drug-likeness (QED) is 0.308. The lowest BCUT2D eigenvalue weighted by Gasteiger charge is -2.04. The zero-order valence-corrected chi connectivity index (χ0v) is 13.4. The lowest BCUT2D eigenvalue weighted by Crippen LogP contribution is -2.01. The van der Waals surface area contributed by atoms with Crippen LogP contribution in [0.25, 0.3) is 0 Å². The van der Waals surface area contributed by atoms with Gasteiger partial charge in [0.1, 0.15) is 0 Å². The smallest absolute Gasteiger partial charge is 0.303 e. The van der Waals surface area contributed by atoms with Crippen molar-refractivity contribution < 1.29 is 19.8 Å². The van der Waals surface area contributed by atoms with Crippen molar-refractivity contribution >= 4 is 11.8 Å². The van der Waals surface area contributed by atoms with E-state index in [9.17, 15) is 14.7 Å². The van der Waals surface area contributed by atoms with Gasteiger partial charge in [0.2, 0.25) is 0 Å². The molecule has 0 amide bonds. The van der Waals surface area contributed by atoms with Crippen molar-refractivity contribution in [1.29, 1.82) is 0 Å². The van der Waals surface area contributed by atoms with Gasteiger partial charge in [-0.05, 0) is 18.9 Å². The van der Waals surface area contributed by atoms with E-state index in [0.29, 0.717) is 12.8 Å². The van der Waals surface area contributed by atoms with Gasteiger partial charge >= 0.3 is 5.97 Å². The van der Waals surface area contributed by atoms with Crippen LogP contribution in [0.2, 0.25) is 0 Å². The topological polar surface area (TPSA) is 74.6 Å². The van der Waals surface area contributed by atoms with Crippen molar-refractivity contribution in [2.24, 2.45) is 0 Å². The molecule has 124 valence electrons. The van der Waals surface area contributed by atoms with E-state index in [1.165, 1.54) is 6.08 Å². The molecule has 4 nitrogen and oxygen atoms in total. The van der Waals surface area contributed by atoms with Crippen molar-refractivity contribution in [1.82, 2.24) is 0 Å². The fourth-order valence-electron chi connectivity index (χ4n) is 1.86. The van der Waals surface area contributed by atoms with Gasteiger partial charge in [0.05, 0.1) is 6.10 Å². The Morgan fingerprint density at radius 3 is 2.27 bits per heavy atom. The number of aliphatic hydroxyl groups excluding tert-OH is 1. The molecule has 0 aliphatic carbocycles. The Bertz CT molecular complexity index is 394. The fraction of sp³-hybridized carbons (Fsp3) is 0.556. The van der Waals surface area contributed by atoms with Crippen molar-refractivity contribution in [2.75, 3.05) is 0 Å². The van der Waals surface area contributed by atoms with Gasteiger partial charge in [0.25, 0.3) is 0 Å². The molecular weight excluding hydrogens is 280 g/mol. The number of rotatable bonds is 13. The van der Waals surface area contributed by atoms with Crippen LogP contribution in [0.15, 0.2) is 36.5 Å². The Labute approximate surface area is 133 Å². The molecule has 0 aromatic heterocycles. The van der Waals surface area contributed by atoms with Crippen molar-refractivity contribution in [3.8, 4) is 0 Å². The van der Waals surface area contributed by atoms with E-state index < -0.39 is 12.1 Å². The lowest BCUT2D eigenvalue weighted by atomic mass is 10.1. The first-order chi connectivity index (χ1) is 10.6. The molecule has 0 radical (unpaired) electrons. The maximum Gasteiger partial charge on any atom is 0.303 e. The average molecular weight is 308 g/mol. The first-order valence-electron chi connectivity index (χ1n) is 8.00. The summed E-state index contributed by atoms with van der Waals surface area (Å²) in [5.41, 5.74) is 0. The number of carboxylic acids is 1. The molecule has 0 unspecified atom stereocenters. The third kappa shape index (κ3) is 14.7. The van der Waals surface area contributed by atoms with Crippen LogP contribution in [0.4, 0.5) is 0 Å². The Hall–Kier alpha value is -1.68. The largest absolute Gasteiger partial charge is 0.481 e. The van der Waals surface area contributed by atoms with Gasteiger partial charge in [-0.1, -0.05) is 63.0 Å². The molecule has 0 saturated heterocycles. The van der Waals surface area contributed by atoms with Gasteiger partial charge in [0, 0.05) is 12.8 Å². The van der Waals surface area contributed by atoms with Crippen LogP contribution in [-0.2, 0) is 9.59 Å². The maximum absolute atomic E-state index is 11.0. The zero-order chi connectivity index (χ0) is 16.6. The molecular formula is C18H28O4. The van der Waals surface area contributed by atoms with Crippen LogP contribution >= 0.6 is 0 Å². The Balaban J connectivity index is 3.60. The van der Waals surface area contributed by atoms with Gasteiger partial charge in [-0.25, -0.2) is 0 Å². The van der Waals surface area contributed by atoms with E-state index >= 15 is 0 Å². The van der Waals surface area contributed by atoms with E-state index in [4.69, 9.17) is 5.11 Å². The summed E-state index contributed by atoms with van der Waals surface area (Å²) in [6, 6.07) is 0. The van der Waals surface area contributed by atoms with E-state index in [0.717, 1.165) is 32.1 Å². The van der Waals surface area contributed by atoms with E-state index in [2.05, 4.69) is 0 Å². The van der Waals surface area contributed by atoms with Crippen LogP contribution in [-0.4, -0.2) is 28.1 Å². The summed E-state index contributed by atoms with van der Waals surface area (Å²) in [5.74, 6) is -0.639. The number of aliphatic hydroxyl groups is 1. The first-order valence-corrected chi connectivity index (χ1v) is 8.00. The van der Waals surface area contributed by atoms with Crippen molar-refractivity contribution in [3.63, 3.8) is 0 Å². The monoisotopic (exact) mass is 308 g/mol. The lowest BCUT2D eigenvalue weighted by molar-refractivity contribution is -0.137. The Morgan fingerprint density at radius 1 is 0.955 bits per heavy atom. The fourth-order valence-corrected chi connectivity index (χ4v) is 1.86. The average Bonchev–Trinajstić information content (AvgIpc) is 2.49. The number of aliphatic carboxylic acids is 1. The van der Waals surface area contributed by atoms with Crippen molar-refractivity contribution in [2.45, 2.75) is 64.4 Å². The van der Waals surface area contributed by atoms with Gasteiger partial charge in [-0.3, -0.25) is 9.59 Å². The zero-order valence-electron chi connectivity index (χ0n) is 13.4.